The molecule has 1 N–H and O–H groups in total. The molecule has 0 radical (unpaired) electrons. The van der Waals surface area contributed by atoms with Gasteiger partial charge in [0.25, 0.3) is 0 Å². The first-order chi connectivity index (χ1) is 11.0. The summed E-state index contributed by atoms with van der Waals surface area (Å²) in [7, 11) is 3.64. The Hall–Kier alpha value is -2.71. The van der Waals surface area contributed by atoms with E-state index in [0.29, 0.717) is 18.9 Å². The lowest BCUT2D eigenvalue weighted by atomic mass is 10.2. The lowest BCUT2D eigenvalue weighted by Gasteiger charge is -2.32. The average Bonchev–Trinajstić information content (AvgIpc) is 2.97. The molecule has 2 aromatic heterocycles. The van der Waals surface area contributed by atoms with E-state index in [1.807, 2.05) is 38.2 Å². The standard InChI is InChI=1S/C14H20N8O/c1-10(11-7-21(3)19-18-11)17-12-6-13(16-9-15-12)22-5-4-20(2)14(23)8-22/h6-7,9-10H,4-5,8H2,1-3H3,(H,15,16,17). The van der Waals surface area contributed by atoms with Crippen LogP contribution in [0.3, 0.4) is 0 Å². The fourth-order valence-electron chi connectivity index (χ4n) is 2.41. The summed E-state index contributed by atoms with van der Waals surface area (Å²) in [6, 6.07) is 1.83. The van der Waals surface area contributed by atoms with Crippen molar-refractivity contribution in [2.24, 2.45) is 7.05 Å². The summed E-state index contributed by atoms with van der Waals surface area (Å²) in [5, 5.41) is 11.3. The fourth-order valence-corrected chi connectivity index (χ4v) is 2.41. The molecular formula is C14H20N8O. The first-order valence-electron chi connectivity index (χ1n) is 7.46. The summed E-state index contributed by atoms with van der Waals surface area (Å²) in [5.41, 5.74) is 0.836. The molecule has 0 aliphatic carbocycles. The van der Waals surface area contributed by atoms with Gasteiger partial charge in [0.2, 0.25) is 5.91 Å². The zero-order valence-corrected chi connectivity index (χ0v) is 13.5. The second-order valence-electron chi connectivity index (χ2n) is 5.68. The molecule has 3 rings (SSSR count). The number of hydrogen-bond acceptors (Lipinski definition) is 7. The minimum absolute atomic E-state index is 0.0272. The van der Waals surface area contributed by atoms with Crippen molar-refractivity contribution in [1.82, 2.24) is 29.9 Å². The number of rotatable bonds is 4. The molecule has 1 aliphatic heterocycles. The Morgan fingerprint density at radius 1 is 1.26 bits per heavy atom. The van der Waals surface area contributed by atoms with E-state index in [1.165, 1.54) is 6.33 Å². The van der Waals surface area contributed by atoms with Crippen LogP contribution in [0.15, 0.2) is 18.6 Å². The van der Waals surface area contributed by atoms with Crippen molar-refractivity contribution >= 4 is 17.5 Å². The van der Waals surface area contributed by atoms with Crippen molar-refractivity contribution in [3.63, 3.8) is 0 Å². The van der Waals surface area contributed by atoms with Crippen molar-refractivity contribution in [2.45, 2.75) is 13.0 Å². The van der Waals surface area contributed by atoms with E-state index in [0.717, 1.165) is 18.1 Å². The largest absolute Gasteiger partial charge is 0.362 e. The van der Waals surface area contributed by atoms with Crippen molar-refractivity contribution in [3.05, 3.63) is 24.3 Å². The number of carbonyl (C=O) groups excluding carboxylic acids is 1. The van der Waals surface area contributed by atoms with E-state index < -0.39 is 0 Å². The molecular weight excluding hydrogens is 296 g/mol. The van der Waals surface area contributed by atoms with Crippen LogP contribution in [0.1, 0.15) is 18.7 Å². The molecule has 1 fully saturated rings. The van der Waals surface area contributed by atoms with Crippen LogP contribution < -0.4 is 10.2 Å². The fraction of sp³-hybridized carbons (Fsp3) is 0.500. The smallest absolute Gasteiger partial charge is 0.241 e. The Bertz CT molecular complexity index is 700. The summed E-state index contributed by atoms with van der Waals surface area (Å²) in [6.07, 6.45) is 3.36. The Morgan fingerprint density at radius 3 is 2.78 bits per heavy atom. The number of amides is 1. The van der Waals surface area contributed by atoms with Crippen molar-refractivity contribution in [2.75, 3.05) is 36.9 Å². The highest BCUT2D eigenvalue weighted by atomic mass is 16.2. The van der Waals surface area contributed by atoms with Crippen LogP contribution in [0.5, 0.6) is 0 Å². The SMILES string of the molecule is CC(Nc1cc(N2CCN(C)C(=O)C2)ncn1)c1cn(C)nn1. The topological polar surface area (TPSA) is 92.1 Å². The molecule has 23 heavy (non-hydrogen) atoms. The summed E-state index contributed by atoms with van der Waals surface area (Å²) >= 11 is 0. The predicted molar refractivity (Wildman–Crippen MR) is 84.9 cm³/mol. The van der Waals surface area contributed by atoms with Crippen LogP contribution in [0.2, 0.25) is 0 Å². The van der Waals surface area contributed by atoms with Crippen LogP contribution in [-0.2, 0) is 11.8 Å². The molecule has 1 saturated heterocycles. The van der Waals surface area contributed by atoms with Crippen LogP contribution in [-0.4, -0.2) is 62.5 Å². The maximum absolute atomic E-state index is 11.8. The zero-order valence-electron chi connectivity index (χ0n) is 13.5. The zero-order chi connectivity index (χ0) is 16.4. The number of likely N-dealkylation sites (N-methyl/N-ethyl adjacent to an activating group) is 1. The van der Waals surface area contributed by atoms with E-state index in [-0.39, 0.29) is 11.9 Å². The molecule has 1 unspecified atom stereocenters. The first-order valence-corrected chi connectivity index (χ1v) is 7.46. The van der Waals surface area contributed by atoms with Gasteiger partial charge in [-0.1, -0.05) is 5.21 Å². The molecule has 3 heterocycles. The molecule has 9 heteroatoms. The Labute approximate surface area is 134 Å². The minimum atomic E-state index is -0.0272. The van der Waals surface area contributed by atoms with E-state index in [2.05, 4.69) is 25.6 Å². The molecule has 9 nitrogen and oxygen atoms in total. The number of piperazine rings is 1. The summed E-state index contributed by atoms with van der Waals surface area (Å²) in [4.78, 5) is 24.0. The van der Waals surface area contributed by atoms with E-state index >= 15 is 0 Å². The molecule has 2 aromatic rings. The highest BCUT2D eigenvalue weighted by Crippen LogP contribution is 2.20. The van der Waals surface area contributed by atoms with Gasteiger partial charge >= 0.3 is 0 Å². The number of aromatic nitrogens is 5. The van der Waals surface area contributed by atoms with E-state index in [4.69, 9.17) is 0 Å². The summed E-state index contributed by atoms with van der Waals surface area (Å²) in [6.45, 7) is 3.79. The van der Waals surface area contributed by atoms with Gasteiger partial charge in [-0.25, -0.2) is 9.97 Å². The van der Waals surface area contributed by atoms with Crippen molar-refractivity contribution in [3.8, 4) is 0 Å². The molecule has 0 spiro atoms. The normalized spacial score (nSPS) is 16.6. The maximum atomic E-state index is 11.8. The van der Waals surface area contributed by atoms with Crippen molar-refractivity contribution in [1.29, 1.82) is 0 Å². The number of nitrogens with one attached hydrogen (secondary N) is 1. The monoisotopic (exact) mass is 316 g/mol. The van der Waals surface area contributed by atoms with Gasteiger partial charge < -0.3 is 15.1 Å². The van der Waals surface area contributed by atoms with Gasteiger partial charge in [-0.05, 0) is 6.92 Å². The van der Waals surface area contributed by atoms with Crippen LogP contribution >= 0.6 is 0 Å². The molecule has 0 bridgehead atoms. The number of nitrogens with zero attached hydrogens (tertiary/aromatic N) is 7. The molecule has 1 amide bonds. The van der Waals surface area contributed by atoms with Gasteiger partial charge in [0.15, 0.2) is 0 Å². The van der Waals surface area contributed by atoms with E-state index in [1.54, 1.807) is 9.58 Å². The maximum Gasteiger partial charge on any atom is 0.241 e. The van der Waals surface area contributed by atoms with Gasteiger partial charge in [-0.2, -0.15) is 0 Å². The quantitative estimate of drug-likeness (QED) is 0.852. The van der Waals surface area contributed by atoms with Crippen LogP contribution in [0.25, 0.3) is 0 Å². The summed E-state index contributed by atoms with van der Waals surface area (Å²) in [5.74, 6) is 1.53. The van der Waals surface area contributed by atoms with Gasteiger partial charge in [-0.3, -0.25) is 9.48 Å². The second kappa shape index (κ2) is 6.19. The first kappa shape index (κ1) is 15.2. The Morgan fingerprint density at radius 2 is 2.09 bits per heavy atom. The number of hydrogen-bond donors (Lipinski definition) is 1. The van der Waals surface area contributed by atoms with Gasteiger partial charge in [0.05, 0.1) is 18.8 Å². The molecule has 122 valence electrons. The third-order valence-electron chi connectivity index (χ3n) is 3.86. The third kappa shape index (κ3) is 3.38. The second-order valence-corrected chi connectivity index (χ2v) is 5.68. The minimum Gasteiger partial charge on any atom is -0.362 e. The molecule has 0 saturated carbocycles. The molecule has 0 aromatic carbocycles. The van der Waals surface area contributed by atoms with Gasteiger partial charge in [-0.15, -0.1) is 5.10 Å². The molecule has 1 atom stereocenters. The van der Waals surface area contributed by atoms with Gasteiger partial charge in [0.1, 0.15) is 23.7 Å². The molecule has 1 aliphatic rings. The number of anilines is 2. The third-order valence-corrected chi connectivity index (χ3v) is 3.86. The van der Waals surface area contributed by atoms with Crippen molar-refractivity contribution < 1.29 is 4.79 Å². The highest BCUT2D eigenvalue weighted by molar-refractivity contribution is 5.82. The van der Waals surface area contributed by atoms with E-state index in [9.17, 15) is 4.79 Å². The lowest BCUT2D eigenvalue weighted by molar-refractivity contribution is -0.129. The average molecular weight is 316 g/mol. The number of aryl methyl sites for hydroxylation is 1. The Kier molecular flexibility index (Phi) is 4.09. The highest BCUT2D eigenvalue weighted by Gasteiger charge is 2.22. The van der Waals surface area contributed by atoms with Crippen LogP contribution in [0, 0.1) is 0 Å². The van der Waals surface area contributed by atoms with Crippen LogP contribution in [0.4, 0.5) is 11.6 Å². The lowest BCUT2D eigenvalue weighted by Crippen LogP contribution is -2.48. The Balaban J connectivity index is 1.71. The summed E-state index contributed by atoms with van der Waals surface area (Å²) < 4.78 is 1.66. The van der Waals surface area contributed by atoms with Gasteiger partial charge in [0, 0.05) is 33.3 Å². The number of carbonyl (C=O) groups is 1. The predicted octanol–water partition coefficient (Wildman–Crippen LogP) is 0.0566.